The second-order valence-electron chi connectivity index (χ2n) is 6.92. The summed E-state index contributed by atoms with van der Waals surface area (Å²) in [5, 5.41) is 3.92. The van der Waals surface area contributed by atoms with E-state index in [1.54, 1.807) is 61.7 Å². The highest BCUT2D eigenvalue weighted by molar-refractivity contribution is 5.92. The van der Waals surface area contributed by atoms with Crippen LogP contribution in [0.15, 0.2) is 71.8 Å². The van der Waals surface area contributed by atoms with Gasteiger partial charge in [-0.1, -0.05) is 17.7 Å². The molecule has 1 N–H and O–H groups in total. The lowest BCUT2D eigenvalue weighted by molar-refractivity contribution is -0.123. The van der Waals surface area contributed by atoms with E-state index in [0.717, 1.165) is 5.56 Å². The Kier molecular flexibility index (Phi) is 8.02. The molecule has 33 heavy (non-hydrogen) atoms. The van der Waals surface area contributed by atoms with E-state index in [-0.39, 0.29) is 12.4 Å². The highest BCUT2D eigenvalue weighted by Crippen LogP contribution is 2.28. The fourth-order valence-corrected chi connectivity index (χ4v) is 2.73. The van der Waals surface area contributed by atoms with Crippen molar-refractivity contribution >= 4 is 18.1 Å². The zero-order valence-corrected chi connectivity index (χ0v) is 18.5. The molecule has 0 saturated heterocycles. The summed E-state index contributed by atoms with van der Waals surface area (Å²) >= 11 is 0. The van der Waals surface area contributed by atoms with E-state index in [1.165, 1.54) is 13.3 Å². The van der Waals surface area contributed by atoms with Gasteiger partial charge in [-0.05, 0) is 67.1 Å². The van der Waals surface area contributed by atoms with Gasteiger partial charge in [0.25, 0.3) is 5.91 Å². The Bertz CT molecular complexity index is 1120. The third-order valence-electron chi connectivity index (χ3n) is 4.51. The van der Waals surface area contributed by atoms with Crippen molar-refractivity contribution < 1.29 is 28.5 Å². The average molecular weight is 448 g/mol. The lowest BCUT2D eigenvalue weighted by Gasteiger charge is -2.10. The van der Waals surface area contributed by atoms with Crippen molar-refractivity contribution in [1.82, 2.24) is 5.43 Å². The number of amides is 1. The molecule has 3 rings (SSSR count). The van der Waals surface area contributed by atoms with Gasteiger partial charge in [0.1, 0.15) is 11.5 Å². The second kappa shape index (κ2) is 11.3. The number of nitrogens with zero attached hydrogens (tertiary/aromatic N) is 1. The van der Waals surface area contributed by atoms with E-state index in [1.807, 2.05) is 19.1 Å². The average Bonchev–Trinajstić information content (AvgIpc) is 2.84. The molecule has 0 aliphatic carbocycles. The molecule has 0 aliphatic rings. The van der Waals surface area contributed by atoms with Crippen LogP contribution in [0, 0.1) is 6.92 Å². The van der Waals surface area contributed by atoms with E-state index in [0.29, 0.717) is 28.4 Å². The Hall–Kier alpha value is -4.33. The van der Waals surface area contributed by atoms with Gasteiger partial charge in [0.15, 0.2) is 18.1 Å². The molecule has 8 heteroatoms. The number of rotatable bonds is 9. The molecule has 0 aliphatic heterocycles. The molecule has 0 spiro atoms. The van der Waals surface area contributed by atoms with E-state index in [2.05, 4.69) is 10.5 Å². The number of hydrogen-bond donors (Lipinski definition) is 1. The zero-order chi connectivity index (χ0) is 23.6. The van der Waals surface area contributed by atoms with Crippen LogP contribution in [0.3, 0.4) is 0 Å². The maximum atomic E-state index is 12.4. The largest absolute Gasteiger partial charge is 0.497 e. The molecule has 8 nitrogen and oxygen atoms in total. The molecule has 0 unspecified atom stereocenters. The molecule has 170 valence electrons. The lowest BCUT2D eigenvalue weighted by Crippen LogP contribution is -2.24. The summed E-state index contributed by atoms with van der Waals surface area (Å²) < 4.78 is 21.2. The van der Waals surface area contributed by atoms with E-state index in [9.17, 15) is 9.59 Å². The summed E-state index contributed by atoms with van der Waals surface area (Å²) in [7, 11) is 3.01. The summed E-state index contributed by atoms with van der Waals surface area (Å²) in [6.45, 7) is 1.81. The molecule has 0 radical (unpaired) electrons. The number of hydrogen-bond acceptors (Lipinski definition) is 7. The molecule has 0 bridgehead atoms. The number of ether oxygens (including phenoxy) is 4. The van der Waals surface area contributed by atoms with Crippen molar-refractivity contribution in [2.75, 3.05) is 20.8 Å². The Morgan fingerprint density at radius 3 is 2.24 bits per heavy atom. The Labute approximate surface area is 191 Å². The van der Waals surface area contributed by atoms with Crippen LogP contribution >= 0.6 is 0 Å². The molecular formula is C25H24N2O6. The molecule has 0 fully saturated rings. The van der Waals surface area contributed by atoms with Gasteiger partial charge in [-0.2, -0.15) is 5.10 Å². The number of carbonyl (C=O) groups is 2. The Morgan fingerprint density at radius 1 is 0.879 bits per heavy atom. The predicted molar refractivity (Wildman–Crippen MR) is 123 cm³/mol. The lowest BCUT2D eigenvalue weighted by atomic mass is 10.2. The van der Waals surface area contributed by atoms with E-state index < -0.39 is 11.9 Å². The third-order valence-corrected chi connectivity index (χ3v) is 4.51. The first-order valence-corrected chi connectivity index (χ1v) is 10.0. The van der Waals surface area contributed by atoms with E-state index >= 15 is 0 Å². The highest BCUT2D eigenvalue weighted by atomic mass is 16.6. The van der Waals surface area contributed by atoms with Gasteiger partial charge in [-0.25, -0.2) is 10.2 Å². The van der Waals surface area contributed by atoms with Crippen LogP contribution in [0.25, 0.3) is 0 Å². The smallest absolute Gasteiger partial charge is 0.343 e. The summed E-state index contributed by atoms with van der Waals surface area (Å²) in [6.07, 6.45) is 1.45. The number of carbonyl (C=O) groups excluding carboxylic acids is 2. The number of hydrazone groups is 1. The van der Waals surface area contributed by atoms with Gasteiger partial charge < -0.3 is 18.9 Å². The van der Waals surface area contributed by atoms with Gasteiger partial charge >= 0.3 is 5.97 Å². The number of methoxy groups -OCH3 is 2. The standard InChI is InChI=1S/C25H24N2O6/c1-17-4-9-21(10-5-17)32-16-24(28)27-26-15-18-6-13-22(23(14-18)31-3)33-25(29)19-7-11-20(30-2)12-8-19/h4-15H,16H2,1-3H3,(H,27,28)/b26-15-. The van der Waals surface area contributed by atoms with Gasteiger partial charge in [0, 0.05) is 0 Å². The van der Waals surface area contributed by atoms with Crippen LogP contribution in [-0.2, 0) is 4.79 Å². The molecule has 3 aromatic rings. The van der Waals surface area contributed by atoms with Crippen LogP contribution < -0.4 is 24.4 Å². The molecular weight excluding hydrogens is 424 g/mol. The quantitative estimate of drug-likeness (QED) is 0.232. The topological polar surface area (TPSA) is 95.5 Å². The summed E-state index contributed by atoms with van der Waals surface area (Å²) in [5.41, 5.74) is 4.51. The van der Waals surface area contributed by atoms with Crippen molar-refractivity contribution in [1.29, 1.82) is 0 Å². The number of benzene rings is 3. The van der Waals surface area contributed by atoms with Gasteiger partial charge in [0.05, 0.1) is 26.0 Å². The molecule has 0 atom stereocenters. The number of esters is 1. The van der Waals surface area contributed by atoms with Crippen LogP contribution in [-0.4, -0.2) is 38.9 Å². The fraction of sp³-hybridized carbons (Fsp3) is 0.160. The minimum absolute atomic E-state index is 0.163. The van der Waals surface area contributed by atoms with Crippen LogP contribution in [0.2, 0.25) is 0 Å². The minimum atomic E-state index is -0.529. The maximum Gasteiger partial charge on any atom is 0.343 e. The Balaban J connectivity index is 1.55. The van der Waals surface area contributed by atoms with Crippen molar-refractivity contribution in [3.05, 3.63) is 83.4 Å². The first kappa shape index (κ1) is 23.3. The van der Waals surface area contributed by atoms with Gasteiger partial charge in [-0.3, -0.25) is 4.79 Å². The molecule has 3 aromatic carbocycles. The van der Waals surface area contributed by atoms with Crippen LogP contribution in [0.4, 0.5) is 0 Å². The molecule has 1 amide bonds. The molecule has 0 heterocycles. The summed E-state index contributed by atoms with van der Waals surface area (Å²) in [6, 6.07) is 18.9. The summed E-state index contributed by atoms with van der Waals surface area (Å²) in [5.74, 6) is 0.911. The summed E-state index contributed by atoms with van der Waals surface area (Å²) in [4.78, 5) is 24.3. The van der Waals surface area contributed by atoms with Crippen molar-refractivity contribution in [2.24, 2.45) is 5.10 Å². The number of aryl methyl sites for hydroxylation is 1. The second-order valence-corrected chi connectivity index (χ2v) is 6.92. The zero-order valence-electron chi connectivity index (χ0n) is 18.5. The first-order chi connectivity index (χ1) is 16.0. The fourth-order valence-electron chi connectivity index (χ4n) is 2.73. The normalized spacial score (nSPS) is 10.5. The van der Waals surface area contributed by atoms with Gasteiger partial charge in [-0.15, -0.1) is 0 Å². The molecule has 0 saturated carbocycles. The van der Waals surface area contributed by atoms with Crippen molar-refractivity contribution in [3.63, 3.8) is 0 Å². The van der Waals surface area contributed by atoms with Crippen LogP contribution in [0.5, 0.6) is 23.0 Å². The minimum Gasteiger partial charge on any atom is -0.497 e. The monoisotopic (exact) mass is 448 g/mol. The van der Waals surface area contributed by atoms with Crippen molar-refractivity contribution in [3.8, 4) is 23.0 Å². The number of nitrogens with one attached hydrogen (secondary N) is 1. The van der Waals surface area contributed by atoms with Crippen molar-refractivity contribution in [2.45, 2.75) is 6.92 Å². The molecule has 0 aromatic heterocycles. The SMILES string of the molecule is COc1ccc(C(=O)Oc2ccc(/C=N\NC(=O)COc3ccc(C)cc3)cc2OC)cc1. The third kappa shape index (κ3) is 6.83. The highest BCUT2D eigenvalue weighted by Gasteiger charge is 2.13. The maximum absolute atomic E-state index is 12.4. The first-order valence-electron chi connectivity index (χ1n) is 10.0. The van der Waals surface area contributed by atoms with Gasteiger partial charge in [0.2, 0.25) is 0 Å². The van der Waals surface area contributed by atoms with E-state index in [4.69, 9.17) is 18.9 Å². The Morgan fingerprint density at radius 2 is 1.58 bits per heavy atom. The van der Waals surface area contributed by atoms with Crippen LogP contribution in [0.1, 0.15) is 21.5 Å². The predicted octanol–water partition coefficient (Wildman–Crippen LogP) is 3.76.